The predicted octanol–water partition coefficient (Wildman–Crippen LogP) is 2.76. The lowest BCUT2D eigenvalue weighted by Gasteiger charge is -2.35. The third-order valence-corrected chi connectivity index (χ3v) is 5.23. The molecule has 1 aliphatic heterocycles. The van der Waals surface area contributed by atoms with Gasteiger partial charge in [0.1, 0.15) is 5.75 Å². The second-order valence-corrected chi connectivity index (χ2v) is 7.66. The number of alkyl halides is 2. The molecule has 1 aliphatic rings. The van der Waals surface area contributed by atoms with Crippen LogP contribution in [0.4, 0.5) is 8.78 Å². The zero-order valence-electron chi connectivity index (χ0n) is 16.4. The molecule has 1 fully saturated rings. The highest BCUT2D eigenvalue weighted by Crippen LogP contribution is 2.22. The molecule has 0 saturated carbocycles. The van der Waals surface area contributed by atoms with Crippen molar-refractivity contribution in [1.29, 1.82) is 0 Å². The number of nitrogens with one attached hydrogen (secondary N) is 1. The molecule has 0 bridgehead atoms. The number of para-hydroxylation sites is 1. The van der Waals surface area contributed by atoms with Gasteiger partial charge in [-0.25, -0.2) is 0 Å². The van der Waals surface area contributed by atoms with Gasteiger partial charge in [-0.1, -0.05) is 34.1 Å². The molecular weight excluding hydrogens is 476 g/mol. The lowest BCUT2D eigenvalue weighted by Crippen LogP contribution is -2.52. The van der Waals surface area contributed by atoms with Crippen LogP contribution in [-0.4, -0.2) is 66.9 Å². The third-order valence-electron chi connectivity index (χ3n) is 4.74. The number of carbonyl (C=O) groups excluding carboxylic acids is 3. The van der Waals surface area contributed by atoms with E-state index < -0.39 is 12.5 Å². The summed E-state index contributed by atoms with van der Waals surface area (Å²) in [5, 5.41) is 2.59. The van der Waals surface area contributed by atoms with Crippen molar-refractivity contribution < 1.29 is 27.9 Å². The lowest BCUT2D eigenvalue weighted by molar-refractivity contribution is -0.131. The highest BCUT2D eigenvalue weighted by atomic mass is 79.9. The maximum absolute atomic E-state index is 12.7. The summed E-state index contributed by atoms with van der Waals surface area (Å²) in [6, 6.07) is 12.6. The second kappa shape index (κ2) is 10.3. The van der Waals surface area contributed by atoms with Crippen LogP contribution in [0.5, 0.6) is 5.75 Å². The summed E-state index contributed by atoms with van der Waals surface area (Å²) in [5.41, 5.74) is 0.478. The maximum atomic E-state index is 12.7. The van der Waals surface area contributed by atoms with E-state index in [1.54, 1.807) is 35.2 Å². The van der Waals surface area contributed by atoms with Crippen molar-refractivity contribution in [3.05, 3.63) is 64.1 Å². The van der Waals surface area contributed by atoms with Gasteiger partial charge in [0.25, 0.3) is 11.8 Å². The summed E-state index contributed by atoms with van der Waals surface area (Å²) in [6.45, 7) is -2.16. The first-order valence-electron chi connectivity index (χ1n) is 9.50. The van der Waals surface area contributed by atoms with E-state index in [-0.39, 0.29) is 55.9 Å². The first-order valence-corrected chi connectivity index (χ1v) is 10.3. The topological polar surface area (TPSA) is 79.0 Å². The summed E-state index contributed by atoms with van der Waals surface area (Å²) in [6.07, 6.45) is 0. The first kappa shape index (κ1) is 22.7. The average molecular weight is 496 g/mol. The van der Waals surface area contributed by atoms with Gasteiger partial charge in [0.15, 0.2) is 0 Å². The predicted molar refractivity (Wildman–Crippen MR) is 112 cm³/mol. The molecule has 0 spiro atoms. The Morgan fingerprint density at radius 3 is 2.35 bits per heavy atom. The molecule has 1 N–H and O–H groups in total. The lowest BCUT2D eigenvalue weighted by atomic mass is 10.1. The minimum atomic E-state index is -3.03. The number of halogens is 3. The van der Waals surface area contributed by atoms with Gasteiger partial charge >= 0.3 is 6.61 Å². The minimum absolute atomic E-state index is 0.0452. The van der Waals surface area contributed by atoms with Crippen LogP contribution in [0.1, 0.15) is 20.7 Å². The Morgan fingerprint density at radius 1 is 1.00 bits per heavy atom. The largest absolute Gasteiger partial charge is 0.434 e. The zero-order chi connectivity index (χ0) is 22.4. The standard InChI is InChI=1S/C21H20BrF2N3O4/c22-15-5-3-4-14(12-15)19(29)25-13-18(28)26-8-10-27(11-9-26)20(30)16-6-1-2-7-17(16)31-21(23)24/h1-7,12,21H,8-11,13H2,(H,25,29). The van der Waals surface area contributed by atoms with Crippen molar-refractivity contribution in [2.75, 3.05) is 32.7 Å². The van der Waals surface area contributed by atoms with Crippen LogP contribution in [0.2, 0.25) is 0 Å². The SMILES string of the molecule is O=C(NCC(=O)N1CCN(C(=O)c2ccccc2OC(F)F)CC1)c1cccc(Br)c1. The van der Waals surface area contributed by atoms with E-state index in [9.17, 15) is 23.2 Å². The molecule has 2 aromatic rings. The number of piperazine rings is 1. The van der Waals surface area contributed by atoms with Gasteiger partial charge in [0.2, 0.25) is 5.91 Å². The summed E-state index contributed by atoms with van der Waals surface area (Å²) in [5.74, 6) is -1.25. The average Bonchev–Trinajstić information content (AvgIpc) is 2.77. The number of carbonyl (C=O) groups is 3. The van der Waals surface area contributed by atoms with E-state index in [4.69, 9.17) is 0 Å². The smallest absolute Gasteiger partial charge is 0.387 e. The van der Waals surface area contributed by atoms with Crippen LogP contribution < -0.4 is 10.1 Å². The first-order chi connectivity index (χ1) is 14.8. The maximum Gasteiger partial charge on any atom is 0.387 e. The van der Waals surface area contributed by atoms with Crippen LogP contribution in [0.3, 0.4) is 0 Å². The third kappa shape index (κ3) is 6.00. The number of ether oxygens (including phenoxy) is 1. The number of benzene rings is 2. The Morgan fingerprint density at radius 2 is 1.68 bits per heavy atom. The van der Waals surface area contributed by atoms with Crippen molar-refractivity contribution >= 4 is 33.7 Å². The fourth-order valence-electron chi connectivity index (χ4n) is 3.17. The van der Waals surface area contributed by atoms with Crippen molar-refractivity contribution in [2.24, 2.45) is 0 Å². The molecule has 31 heavy (non-hydrogen) atoms. The number of rotatable bonds is 6. The number of hydrogen-bond donors (Lipinski definition) is 1. The molecule has 10 heteroatoms. The van der Waals surface area contributed by atoms with Gasteiger partial charge in [-0.3, -0.25) is 14.4 Å². The van der Waals surface area contributed by atoms with E-state index in [1.807, 2.05) is 0 Å². The van der Waals surface area contributed by atoms with Crippen molar-refractivity contribution in [2.45, 2.75) is 6.61 Å². The van der Waals surface area contributed by atoms with Gasteiger partial charge in [-0.2, -0.15) is 8.78 Å². The molecule has 0 radical (unpaired) electrons. The van der Waals surface area contributed by atoms with Crippen molar-refractivity contribution in [1.82, 2.24) is 15.1 Å². The Hall–Kier alpha value is -3.01. The van der Waals surface area contributed by atoms with Crippen LogP contribution in [0.25, 0.3) is 0 Å². The van der Waals surface area contributed by atoms with Gasteiger partial charge in [0, 0.05) is 36.2 Å². The quantitative estimate of drug-likeness (QED) is 0.668. The fraction of sp³-hybridized carbons (Fsp3) is 0.286. The van der Waals surface area contributed by atoms with Gasteiger partial charge in [-0.15, -0.1) is 0 Å². The van der Waals surface area contributed by atoms with Crippen LogP contribution >= 0.6 is 15.9 Å². The molecule has 164 valence electrons. The molecule has 0 unspecified atom stereocenters. The summed E-state index contributed by atoms with van der Waals surface area (Å²) < 4.78 is 30.3. The molecule has 3 amide bonds. The highest BCUT2D eigenvalue weighted by molar-refractivity contribution is 9.10. The van der Waals surface area contributed by atoms with E-state index in [0.717, 1.165) is 4.47 Å². The van der Waals surface area contributed by atoms with E-state index in [2.05, 4.69) is 26.0 Å². The Bertz CT molecular complexity index is 965. The van der Waals surface area contributed by atoms with E-state index in [0.29, 0.717) is 5.56 Å². The molecule has 1 saturated heterocycles. The number of nitrogens with zero attached hydrogens (tertiary/aromatic N) is 2. The van der Waals surface area contributed by atoms with Crippen molar-refractivity contribution in [3.8, 4) is 5.75 Å². The van der Waals surface area contributed by atoms with Gasteiger partial charge < -0.3 is 19.9 Å². The molecule has 2 aromatic carbocycles. The molecule has 1 heterocycles. The van der Waals surface area contributed by atoms with E-state index >= 15 is 0 Å². The molecule has 0 aromatic heterocycles. The fourth-order valence-corrected chi connectivity index (χ4v) is 3.57. The molecule has 7 nitrogen and oxygen atoms in total. The summed E-state index contributed by atoms with van der Waals surface area (Å²) in [4.78, 5) is 40.3. The minimum Gasteiger partial charge on any atom is -0.434 e. The molecule has 3 rings (SSSR count). The highest BCUT2D eigenvalue weighted by Gasteiger charge is 2.27. The zero-order valence-corrected chi connectivity index (χ0v) is 18.0. The van der Waals surface area contributed by atoms with Gasteiger partial charge in [0.05, 0.1) is 12.1 Å². The number of hydrogen-bond acceptors (Lipinski definition) is 4. The second-order valence-electron chi connectivity index (χ2n) is 6.74. The molecule has 0 atom stereocenters. The van der Waals surface area contributed by atoms with Crippen LogP contribution in [0, 0.1) is 0 Å². The number of amides is 3. The monoisotopic (exact) mass is 495 g/mol. The van der Waals surface area contributed by atoms with Gasteiger partial charge in [-0.05, 0) is 30.3 Å². The van der Waals surface area contributed by atoms with Crippen LogP contribution in [-0.2, 0) is 4.79 Å². The Balaban J connectivity index is 1.52. The Labute approximate surface area is 186 Å². The molecular formula is C21H20BrF2N3O4. The van der Waals surface area contributed by atoms with Crippen LogP contribution in [0.15, 0.2) is 53.0 Å². The summed E-state index contributed by atoms with van der Waals surface area (Å²) in [7, 11) is 0. The normalized spacial score (nSPS) is 13.8. The van der Waals surface area contributed by atoms with E-state index in [1.165, 1.54) is 23.1 Å². The Kier molecular flexibility index (Phi) is 7.56. The molecule has 0 aliphatic carbocycles. The van der Waals surface area contributed by atoms with Crippen molar-refractivity contribution in [3.63, 3.8) is 0 Å². The summed E-state index contributed by atoms with van der Waals surface area (Å²) >= 11 is 3.29.